The molecule has 4 rings (SSSR count). The third-order valence-corrected chi connectivity index (χ3v) is 7.17. The van der Waals surface area contributed by atoms with Crippen molar-refractivity contribution in [3.63, 3.8) is 0 Å². The van der Waals surface area contributed by atoms with Crippen LogP contribution in [0.4, 0.5) is 10.1 Å². The Balaban J connectivity index is 1.96. The van der Waals surface area contributed by atoms with Gasteiger partial charge in [0, 0.05) is 31.9 Å². The van der Waals surface area contributed by atoms with Gasteiger partial charge in [0.15, 0.2) is 5.78 Å². The average Bonchev–Trinajstić information content (AvgIpc) is 3.17. The number of aryl methyl sites for hydroxylation is 1. The number of nitrogens with two attached hydrogens (primary N) is 1. The monoisotopic (exact) mass is 471 g/mol. The summed E-state index contributed by atoms with van der Waals surface area (Å²) in [6.45, 7) is 2.07. The molecule has 1 aromatic heterocycles. The van der Waals surface area contributed by atoms with E-state index < -0.39 is 11.7 Å². The molecular formula is C22H19BrFN3OS. The summed E-state index contributed by atoms with van der Waals surface area (Å²) in [5.74, 6) is -0.751. The number of nitrogens with zero attached hydrogens (tertiary/aromatic N) is 2. The van der Waals surface area contributed by atoms with Crippen molar-refractivity contribution < 1.29 is 9.18 Å². The zero-order valence-corrected chi connectivity index (χ0v) is 18.2. The Morgan fingerprint density at radius 2 is 2.14 bits per heavy atom. The second kappa shape index (κ2) is 7.77. The summed E-state index contributed by atoms with van der Waals surface area (Å²) in [4.78, 5) is 16.7. The molecule has 0 spiro atoms. The minimum Gasteiger partial charge on any atom is -0.384 e. The lowest BCUT2D eigenvalue weighted by Crippen LogP contribution is -2.39. The van der Waals surface area contributed by atoms with E-state index in [4.69, 9.17) is 5.73 Å². The molecule has 2 aromatic rings. The smallest absolute Gasteiger partial charge is 0.161 e. The standard InChI is InChI=1S/C22H19BrFN3OS/c1-2-13-7-9-19(29-13)20-14(11-25)22(26)27(16-8-6-12(23)10-15(16)24)17-4-3-5-18(28)21(17)20/h6-10,20H,2-5,26H2,1H3. The quantitative estimate of drug-likeness (QED) is 0.639. The van der Waals surface area contributed by atoms with E-state index in [9.17, 15) is 14.4 Å². The molecule has 1 atom stereocenters. The first kappa shape index (κ1) is 19.9. The highest BCUT2D eigenvalue weighted by Crippen LogP contribution is 2.48. The molecule has 0 bridgehead atoms. The first-order valence-electron chi connectivity index (χ1n) is 9.46. The highest BCUT2D eigenvalue weighted by atomic mass is 79.9. The van der Waals surface area contributed by atoms with Crippen molar-refractivity contribution in [2.45, 2.75) is 38.5 Å². The molecule has 1 aromatic carbocycles. The maximum absolute atomic E-state index is 14.8. The maximum Gasteiger partial charge on any atom is 0.161 e. The molecule has 1 aliphatic heterocycles. The van der Waals surface area contributed by atoms with Crippen molar-refractivity contribution in [2.75, 3.05) is 4.90 Å². The van der Waals surface area contributed by atoms with E-state index in [-0.39, 0.29) is 17.3 Å². The SMILES string of the molecule is CCc1ccc(C2C(C#N)=C(N)N(c3ccc(Br)cc3F)C3=C2C(=O)CCC3)s1. The Morgan fingerprint density at radius 3 is 2.79 bits per heavy atom. The summed E-state index contributed by atoms with van der Waals surface area (Å²) < 4.78 is 15.4. The van der Waals surface area contributed by atoms with E-state index in [1.54, 1.807) is 28.4 Å². The number of allylic oxidation sites excluding steroid dienone is 3. The van der Waals surface area contributed by atoms with Gasteiger partial charge in [0.2, 0.25) is 0 Å². The Labute approximate surface area is 181 Å². The summed E-state index contributed by atoms with van der Waals surface area (Å²) in [7, 11) is 0. The second-order valence-electron chi connectivity index (χ2n) is 7.07. The van der Waals surface area contributed by atoms with Crippen molar-refractivity contribution in [3.05, 3.63) is 73.0 Å². The van der Waals surface area contributed by atoms with Gasteiger partial charge in [-0.1, -0.05) is 22.9 Å². The molecule has 148 valence electrons. The molecule has 2 aliphatic rings. The lowest BCUT2D eigenvalue weighted by Gasteiger charge is -2.39. The number of Topliss-reactive ketones (excluding diaryl/α,β-unsaturated/α-hetero) is 1. The topological polar surface area (TPSA) is 70.1 Å². The Morgan fingerprint density at radius 1 is 1.34 bits per heavy atom. The number of nitriles is 1. The zero-order valence-electron chi connectivity index (χ0n) is 15.8. The number of hydrogen-bond acceptors (Lipinski definition) is 5. The van der Waals surface area contributed by atoms with E-state index in [1.165, 1.54) is 10.9 Å². The summed E-state index contributed by atoms with van der Waals surface area (Å²) in [6.07, 6.45) is 2.60. The Hall–Kier alpha value is -2.43. The molecule has 2 N–H and O–H groups in total. The van der Waals surface area contributed by atoms with E-state index in [0.717, 1.165) is 11.3 Å². The van der Waals surface area contributed by atoms with Crippen LogP contribution in [0.1, 0.15) is 41.9 Å². The van der Waals surface area contributed by atoms with Gasteiger partial charge in [-0.2, -0.15) is 5.26 Å². The van der Waals surface area contributed by atoms with Crippen LogP contribution >= 0.6 is 27.3 Å². The first-order valence-corrected chi connectivity index (χ1v) is 11.1. The number of rotatable bonds is 3. The summed E-state index contributed by atoms with van der Waals surface area (Å²) in [5, 5.41) is 9.97. The van der Waals surface area contributed by atoms with Crippen LogP contribution < -0.4 is 10.6 Å². The van der Waals surface area contributed by atoms with E-state index in [1.807, 2.05) is 12.1 Å². The van der Waals surface area contributed by atoms with Crippen molar-refractivity contribution in [1.29, 1.82) is 5.26 Å². The zero-order chi connectivity index (χ0) is 20.7. The van der Waals surface area contributed by atoms with Crippen molar-refractivity contribution in [2.24, 2.45) is 5.73 Å². The largest absolute Gasteiger partial charge is 0.384 e. The Bertz CT molecular complexity index is 1110. The minimum absolute atomic E-state index is 0.00506. The minimum atomic E-state index is -0.483. The van der Waals surface area contributed by atoms with Crippen LogP contribution in [0, 0.1) is 17.1 Å². The molecule has 0 saturated carbocycles. The van der Waals surface area contributed by atoms with Crippen LogP contribution in [0.3, 0.4) is 0 Å². The normalized spacial score (nSPS) is 19.4. The van der Waals surface area contributed by atoms with Gasteiger partial charge >= 0.3 is 0 Å². The fourth-order valence-electron chi connectivity index (χ4n) is 4.05. The third kappa shape index (κ3) is 3.30. The molecule has 7 heteroatoms. The molecule has 1 aliphatic carbocycles. The van der Waals surface area contributed by atoms with E-state index in [0.29, 0.717) is 40.6 Å². The van der Waals surface area contributed by atoms with Crippen molar-refractivity contribution in [1.82, 2.24) is 0 Å². The van der Waals surface area contributed by atoms with Crippen molar-refractivity contribution in [3.8, 4) is 6.07 Å². The van der Waals surface area contributed by atoms with Gasteiger partial charge in [0.25, 0.3) is 0 Å². The molecule has 0 fully saturated rings. The second-order valence-corrected chi connectivity index (χ2v) is 9.19. The van der Waals surface area contributed by atoms with Gasteiger partial charge in [-0.05, 0) is 49.6 Å². The summed E-state index contributed by atoms with van der Waals surface area (Å²) >= 11 is 4.86. The van der Waals surface area contributed by atoms with Gasteiger partial charge < -0.3 is 5.73 Å². The number of thiophene rings is 1. The van der Waals surface area contributed by atoms with Crippen LogP contribution in [-0.4, -0.2) is 5.78 Å². The molecule has 0 radical (unpaired) electrons. The van der Waals surface area contributed by atoms with E-state index in [2.05, 4.69) is 28.9 Å². The summed E-state index contributed by atoms with van der Waals surface area (Å²) in [5.41, 5.74) is 8.28. The number of carbonyl (C=O) groups is 1. The molecule has 2 heterocycles. The fraction of sp³-hybridized carbons (Fsp3) is 0.273. The molecule has 0 saturated heterocycles. The lowest BCUT2D eigenvalue weighted by molar-refractivity contribution is -0.116. The molecule has 0 amide bonds. The maximum atomic E-state index is 14.8. The molecule has 29 heavy (non-hydrogen) atoms. The van der Waals surface area contributed by atoms with Crippen LogP contribution in [0.15, 0.2) is 57.5 Å². The summed E-state index contributed by atoms with van der Waals surface area (Å²) in [6, 6.07) is 10.9. The van der Waals surface area contributed by atoms with Gasteiger partial charge in [-0.3, -0.25) is 9.69 Å². The van der Waals surface area contributed by atoms with Crippen LogP contribution in [0.2, 0.25) is 0 Å². The number of hydrogen-bond donors (Lipinski definition) is 1. The predicted molar refractivity (Wildman–Crippen MR) is 116 cm³/mol. The molecular weight excluding hydrogens is 453 g/mol. The Kier molecular flexibility index (Phi) is 5.32. The van der Waals surface area contributed by atoms with Gasteiger partial charge in [-0.25, -0.2) is 4.39 Å². The van der Waals surface area contributed by atoms with Crippen molar-refractivity contribution >= 4 is 38.7 Å². The average molecular weight is 472 g/mol. The van der Waals surface area contributed by atoms with Crippen LogP contribution in [0.25, 0.3) is 0 Å². The van der Waals surface area contributed by atoms with Gasteiger partial charge in [-0.15, -0.1) is 11.3 Å². The number of benzene rings is 1. The number of halogens is 2. The van der Waals surface area contributed by atoms with Gasteiger partial charge in [0.1, 0.15) is 11.6 Å². The molecule has 1 unspecified atom stereocenters. The molecule has 4 nitrogen and oxygen atoms in total. The van der Waals surface area contributed by atoms with E-state index >= 15 is 0 Å². The van der Waals surface area contributed by atoms with Gasteiger partial charge in [0.05, 0.1) is 23.2 Å². The highest BCUT2D eigenvalue weighted by Gasteiger charge is 2.41. The fourth-order valence-corrected chi connectivity index (χ4v) is 5.45. The third-order valence-electron chi connectivity index (χ3n) is 5.38. The lowest BCUT2D eigenvalue weighted by atomic mass is 9.78. The number of anilines is 1. The van der Waals surface area contributed by atoms with Crippen LogP contribution in [0.5, 0.6) is 0 Å². The highest BCUT2D eigenvalue weighted by molar-refractivity contribution is 9.10. The first-order chi connectivity index (χ1) is 14.0. The predicted octanol–water partition coefficient (Wildman–Crippen LogP) is 5.52. The number of carbonyl (C=O) groups excluding carboxylic acids is 1. The number of ketones is 1. The van der Waals surface area contributed by atoms with Crippen LogP contribution in [-0.2, 0) is 11.2 Å².